The summed E-state index contributed by atoms with van der Waals surface area (Å²) in [6.07, 6.45) is 0. The van der Waals surface area contributed by atoms with Gasteiger partial charge in [-0.2, -0.15) is 0 Å². The van der Waals surface area contributed by atoms with Crippen LogP contribution < -0.4 is 14.9 Å². The van der Waals surface area contributed by atoms with Crippen LogP contribution in [0.2, 0.25) is 5.02 Å². The summed E-state index contributed by atoms with van der Waals surface area (Å²) in [5.74, 6) is -0.194. The number of halogens is 2. The molecule has 40 heavy (non-hydrogen) atoms. The molecular weight excluding hydrogens is 589 g/mol. The van der Waals surface area contributed by atoms with Gasteiger partial charge in [0.2, 0.25) is 0 Å². The fourth-order valence-corrected chi connectivity index (χ4v) is 6.84. The van der Waals surface area contributed by atoms with Crippen LogP contribution >= 0.6 is 35.3 Å². The number of sulfonamides is 1. The zero-order valence-corrected chi connectivity index (χ0v) is 25.4. The number of hydrogen-bond acceptors (Lipinski definition) is 7. The van der Waals surface area contributed by atoms with Crippen molar-refractivity contribution < 1.29 is 13.2 Å². The van der Waals surface area contributed by atoms with Gasteiger partial charge in [0.15, 0.2) is 5.13 Å². The Morgan fingerprint density at radius 1 is 0.950 bits per heavy atom. The van der Waals surface area contributed by atoms with Gasteiger partial charge in [-0.25, -0.2) is 13.4 Å². The van der Waals surface area contributed by atoms with Gasteiger partial charge >= 0.3 is 0 Å². The highest BCUT2D eigenvalue weighted by Crippen LogP contribution is 2.33. The van der Waals surface area contributed by atoms with Gasteiger partial charge in [0.05, 0.1) is 15.1 Å². The molecule has 2 N–H and O–H groups in total. The second kappa shape index (κ2) is 12.7. The molecule has 2 heterocycles. The molecule has 1 aromatic heterocycles. The highest BCUT2D eigenvalue weighted by molar-refractivity contribution is 7.92. The van der Waals surface area contributed by atoms with Crippen LogP contribution in [0.15, 0.2) is 65.6 Å². The first-order chi connectivity index (χ1) is 18.7. The Morgan fingerprint density at radius 2 is 1.60 bits per heavy atom. The summed E-state index contributed by atoms with van der Waals surface area (Å²) < 4.78 is 28.9. The molecule has 1 saturated heterocycles. The molecule has 3 aromatic carbocycles. The Morgan fingerprint density at radius 3 is 2.25 bits per heavy atom. The number of anilines is 2. The number of benzene rings is 3. The summed E-state index contributed by atoms with van der Waals surface area (Å²) in [6.45, 7) is 9.15. The number of hydrogen-bond donors (Lipinski definition) is 2. The number of thiazole rings is 1. The van der Waals surface area contributed by atoms with Crippen LogP contribution in [0.5, 0.6) is 0 Å². The minimum Gasteiger partial charge on any atom is -0.351 e. The summed E-state index contributed by atoms with van der Waals surface area (Å²) in [6, 6.07) is 16.6. The molecule has 12 heteroatoms. The lowest BCUT2D eigenvalue weighted by atomic mass is 10.1. The molecule has 4 aromatic rings. The fourth-order valence-electron chi connectivity index (χ4n) is 4.49. The maximum absolute atomic E-state index is 12.6. The van der Waals surface area contributed by atoms with Crippen molar-refractivity contribution in [1.29, 1.82) is 0 Å². The van der Waals surface area contributed by atoms with E-state index >= 15 is 0 Å². The third-order valence-corrected chi connectivity index (χ3v) is 9.71. The van der Waals surface area contributed by atoms with Gasteiger partial charge in [-0.15, -0.1) is 12.4 Å². The molecule has 0 aliphatic carbocycles. The molecule has 1 aliphatic rings. The van der Waals surface area contributed by atoms with Crippen molar-refractivity contribution in [3.63, 3.8) is 0 Å². The van der Waals surface area contributed by atoms with Crippen LogP contribution in [0.25, 0.3) is 10.2 Å². The Kier molecular flexibility index (Phi) is 9.58. The Hall–Kier alpha value is -2.89. The number of aryl methyl sites for hydroxylation is 2. The van der Waals surface area contributed by atoms with Crippen LogP contribution in [0.4, 0.5) is 10.8 Å². The molecule has 212 valence electrons. The summed E-state index contributed by atoms with van der Waals surface area (Å²) in [4.78, 5) is 22.3. The summed E-state index contributed by atoms with van der Waals surface area (Å²) in [7, 11) is -3.74. The predicted molar refractivity (Wildman–Crippen MR) is 166 cm³/mol. The number of amides is 1. The van der Waals surface area contributed by atoms with Gasteiger partial charge in [-0.1, -0.05) is 35.1 Å². The van der Waals surface area contributed by atoms with Crippen LogP contribution in [-0.2, 0) is 10.0 Å². The normalized spacial score (nSPS) is 14.1. The summed E-state index contributed by atoms with van der Waals surface area (Å²) in [5.41, 5.74) is 4.42. The van der Waals surface area contributed by atoms with E-state index in [1.165, 1.54) is 40.1 Å². The molecule has 0 spiro atoms. The third-order valence-electron chi connectivity index (χ3n) is 6.81. The van der Waals surface area contributed by atoms with E-state index < -0.39 is 10.0 Å². The first-order valence-electron chi connectivity index (χ1n) is 12.7. The average Bonchev–Trinajstić information content (AvgIpc) is 3.39. The van der Waals surface area contributed by atoms with Crippen molar-refractivity contribution in [2.75, 3.05) is 48.9 Å². The number of piperazine rings is 1. The summed E-state index contributed by atoms with van der Waals surface area (Å²) in [5, 5.41) is 4.50. The minimum atomic E-state index is -3.74. The van der Waals surface area contributed by atoms with Crippen molar-refractivity contribution in [3.8, 4) is 0 Å². The number of rotatable bonds is 8. The van der Waals surface area contributed by atoms with E-state index in [9.17, 15) is 13.2 Å². The largest absolute Gasteiger partial charge is 0.351 e. The molecular formula is C28H31Cl2N5O3S2. The lowest BCUT2D eigenvalue weighted by Gasteiger charge is -2.34. The third kappa shape index (κ3) is 6.87. The number of carbonyl (C=O) groups excluding carboxylic acids is 1. The molecule has 1 fully saturated rings. The molecule has 0 atom stereocenters. The standard InChI is InChI=1S/C28H30ClN5O3S2.ClH/c1-19-3-4-20(2)26-25(19)31-28(38-26)34-17-15-33(16-18-34)14-13-30-27(35)21-5-9-23(10-6-21)32-39(36,37)24-11-7-22(29)8-12-24;/h3-12,32H,13-18H2,1-2H3,(H,30,35);1H. The van der Waals surface area contributed by atoms with Crippen molar-refractivity contribution in [1.82, 2.24) is 15.2 Å². The van der Waals surface area contributed by atoms with Gasteiger partial charge in [0, 0.05) is 55.5 Å². The van der Waals surface area contributed by atoms with Crippen molar-refractivity contribution in [2.24, 2.45) is 0 Å². The zero-order valence-electron chi connectivity index (χ0n) is 22.2. The van der Waals surface area contributed by atoms with Crippen LogP contribution in [0, 0.1) is 13.8 Å². The van der Waals surface area contributed by atoms with Crippen molar-refractivity contribution in [2.45, 2.75) is 18.7 Å². The van der Waals surface area contributed by atoms with E-state index in [4.69, 9.17) is 16.6 Å². The van der Waals surface area contributed by atoms with Crippen LogP contribution in [0.1, 0.15) is 21.5 Å². The first-order valence-corrected chi connectivity index (χ1v) is 15.4. The smallest absolute Gasteiger partial charge is 0.261 e. The lowest BCUT2D eigenvalue weighted by molar-refractivity contribution is 0.0948. The van der Waals surface area contributed by atoms with Gasteiger partial charge in [-0.3, -0.25) is 14.4 Å². The quantitative estimate of drug-likeness (QED) is 0.276. The highest BCUT2D eigenvalue weighted by atomic mass is 35.5. The van der Waals surface area contributed by atoms with Gasteiger partial charge in [-0.05, 0) is 73.5 Å². The van der Waals surface area contributed by atoms with Gasteiger partial charge < -0.3 is 10.2 Å². The number of nitrogens with one attached hydrogen (secondary N) is 2. The minimum absolute atomic E-state index is 0. The molecule has 0 saturated carbocycles. The topological polar surface area (TPSA) is 94.6 Å². The number of aromatic nitrogens is 1. The molecule has 0 radical (unpaired) electrons. The zero-order chi connectivity index (χ0) is 27.6. The van der Waals surface area contributed by atoms with E-state index in [2.05, 4.69) is 45.8 Å². The van der Waals surface area contributed by atoms with E-state index in [1.54, 1.807) is 35.6 Å². The number of carbonyl (C=O) groups is 1. The molecule has 8 nitrogen and oxygen atoms in total. The SMILES string of the molecule is Cc1ccc(C)c2sc(N3CCN(CCNC(=O)c4ccc(NS(=O)(=O)c5ccc(Cl)cc5)cc4)CC3)nc12.Cl. The number of fused-ring (bicyclic) bond motifs is 1. The second-order valence-corrected chi connectivity index (χ2v) is 12.7. The van der Waals surface area contributed by atoms with Crippen molar-refractivity contribution >= 4 is 72.3 Å². The molecule has 0 unspecified atom stereocenters. The number of nitrogens with zero attached hydrogens (tertiary/aromatic N) is 3. The van der Waals surface area contributed by atoms with E-state index in [1.807, 2.05) is 0 Å². The molecule has 1 aliphatic heterocycles. The van der Waals surface area contributed by atoms with Gasteiger partial charge in [0.25, 0.3) is 15.9 Å². The molecule has 5 rings (SSSR count). The second-order valence-electron chi connectivity index (χ2n) is 9.59. The monoisotopic (exact) mass is 619 g/mol. The summed E-state index contributed by atoms with van der Waals surface area (Å²) >= 11 is 7.60. The first kappa shape index (κ1) is 30.1. The van der Waals surface area contributed by atoms with Crippen molar-refractivity contribution in [3.05, 3.63) is 82.4 Å². The molecule has 0 bridgehead atoms. The van der Waals surface area contributed by atoms with E-state index in [0.29, 0.717) is 22.8 Å². The van der Waals surface area contributed by atoms with Gasteiger partial charge in [0.1, 0.15) is 0 Å². The lowest BCUT2D eigenvalue weighted by Crippen LogP contribution is -2.48. The average molecular weight is 621 g/mol. The predicted octanol–water partition coefficient (Wildman–Crippen LogP) is 5.34. The Balaban J connectivity index is 0.00000370. The van der Waals surface area contributed by atoms with E-state index in [-0.39, 0.29) is 23.2 Å². The Labute approximate surface area is 249 Å². The Bertz CT molecular complexity index is 1550. The highest BCUT2D eigenvalue weighted by Gasteiger charge is 2.21. The molecule has 1 amide bonds. The van der Waals surface area contributed by atoms with E-state index in [0.717, 1.165) is 43.4 Å². The maximum Gasteiger partial charge on any atom is 0.261 e. The fraction of sp³-hybridized carbons (Fsp3) is 0.286. The van der Waals surface area contributed by atoms with Crippen LogP contribution in [0.3, 0.4) is 0 Å². The maximum atomic E-state index is 12.6. The van der Waals surface area contributed by atoms with Crippen LogP contribution in [-0.4, -0.2) is 63.5 Å².